The number of aliphatic hydroxyl groups excluding tert-OH is 1. The van der Waals surface area contributed by atoms with Crippen LogP contribution in [0.1, 0.15) is 24.5 Å². The molecule has 140 valence electrons. The largest absolute Gasteiger partial charge is 1.00 e. The number of benzene rings is 1. The molecule has 1 N–H and O–H groups in total. The number of rotatable bonds is 4. The number of nitrogens with zero attached hydrogens (tertiary/aromatic N) is 2. The highest BCUT2D eigenvalue weighted by atomic mass is 35.5. The van der Waals surface area contributed by atoms with E-state index in [1.54, 1.807) is 13.3 Å². The van der Waals surface area contributed by atoms with E-state index in [9.17, 15) is 5.11 Å². The molecular formula is C21H27ClN2O2. The van der Waals surface area contributed by atoms with Gasteiger partial charge in [-0.15, -0.1) is 6.58 Å². The van der Waals surface area contributed by atoms with E-state index in [0.29, 0.717) is 11.8 Å². The van der Waals surface area contributed by atoms with E-state index in [1.807, 2.05) is 24.3 Å². The van der Waals surface area contributed by atoms with E-state index >= 15 is 0 Å². The molecule has 5 heteroatoms. The average Bonchev–Trinajstić information content (AvgIpc) is 2.66. The molecule has 3 aliphatic rings. The van der Waals surface area contributed by atoms with Gasteiger partial charge in [0.2, 0.25) is 0 Å². The summed E-state index contributed by atoms with van der Waals surface area (Å²) in [7, 11) is 3.96. The van der Waals surface area contributed by atoms with Gasteiger partial charge < -0.3 is 26.7 Å². The lowest BCUT2D eigenvalue weighted by Gasteiger charge is -2.56. The first-order valence-corrected chi connectivity index (χ1v) is 9.13. The Morgan fingerprint density at radius 3 is 2.88 bits per heavy atom. The second kappa shape index (κ2) is 7.18. The smallest absolute Gasteiger partial charge is 0.131 e. The van der Waals surface area contributed by atoms with E-state index in [0.717, 1.165) is 46.2 Å². The second-order valence-corrected chi connectivity index (χ2v) is 7.87. The van der Waals surface area contributed by atoms with Crippen LogP contribution < -0.4 is 17.1 Å². The molecule has 0 amide bonds. The predicted octanol–water partition coefficient (Wildman–Crippen LogP) is 0.322. The van der Waals surface area contributed by atoms with Crippen molar-refractivity contribution in [3.05, 3.63) is 48.7 Å². The summed E-state index contributed by atoms with van der Waals surface area (Å²) < 4.78 is 6.31. The van der Waals surface area contributed by atoms with Crippen molar-refractivity contribution in [2.45, 2.75) is 25.0 Å². The van der Waals surface area contributed by atoms with E-state index in [4.69, 9.17) is 4.74 Å². The topological polar surface area (TPSA) is 42.4 Å². The van der Waals surface area contributed by atoms with Crippen molar-refractivity contribution >= 4 is 10.9 Å². The summed E-state index contributed by atoms with van der Waals surface area (Å²) in [5.74, 6) is 2.03. The summed E-state index contributed by atoms with van der Waals surface area (Å²) in [6, 6.07) is 8.06. The summed E-state index contributed by atoms with van der Waals surface area (Å²) in [5.41, 5.74) is 1.87. The highest BCUT2D eigenvalue weighted by Crippen LogP contribution is 2.45. The van der Waals surface area contributed by atoms with Crippen molar-refractivity contribution in [1.82, 2.24) is 4.98 Å². The Hall–Kier alpha value is -1.62. The number of piperidine rings is 3. The summed E-state index contributed by atoms with van der Waals surface area (Å²) in [5, 5.41) is 12.3. The van der Waals surface area contributed by atoms with E-state index in [2.05, 4.69) is 24.7 Å². The lowest BCUT2D eigenvalue weighted by Crippen LogP contribution is -3.00. The number of pyridine rings is 1. The number of aliphatic hydroxyl groups is 1. The Morgan fingerprint density at radius 1 is 1.38 bits per heavy atom. The zero-order valence-corrected chi connectivity index (χ0v) is 16.2. The molecule has 26 heavy (non-hydrogen) atoms. The molecule has 3 saturated heterocycles. The van der Waals surface area contributed by atoms with Crippen LogP contribution in [-0.2, 0) is 0 Å². The van der Waals surface area contributed by atoms with Crippen molar-refractivity contribution in [1.29, 1.82) is 0 Å². The van der Waals surface area contributed by atoms with Crippen molar-refractivity contribution in [2.24, 2.45) is 11.8 Å². The number of ether oxygens (including phenoxy) is 1. The summed E-state index contributed by atoms with van der Waals surface area (Å²) in [6.07, 6.45) is 5.73. The number of hydrogen-bond acceptors (Lipinski definition) is 3. The van der Waals surface area contributed by atoms with Gasteiger partial charge in [-0.25, -0.2) is 0 Å². The van der Waals surface area contributed by atoms with E-state index in [1.165, 1.54) is 6.42 Å². The molecule has 0 spiro atoms. The number of halogens is 1. The molecule has 5 unspecified atom stereocenters. The number of likely N-dealkylation sites (N-methyl/N-ethyl adjacent to an activating group) is 1. The summed E-state index contributed by atoms with van der Waals surface area (Å²) >= 11 is 0. The van der Waals surface area contributed by atoms with Crippen LogP contribution in [0.3, 0.4) is 0 Å². The first-order chi connectivity index (χ1) is 12.1. The Kier molecular flexibility index (Phi) is 5.29. The number of methoxy groups -OCH3 is 1. The zero-order chi connectivity index (χ0) is 17.6. The Balaban J connectivity index is 0.00000196. The molecule has 4 nitrogen and oxygen atoms in total. The Morgan fingerprint density at radius 2 is 2.19 bits per heavy atom. The van der Waals surface area contributed by atoms with Crippen molar-refractivity contribution in [2.75, 3.05) is 27.2 Å². The maximum atomic E-state index is 11.3. The van der Waals surface area contributed by atoms with Crippen LogP contribution in [-0.4, -0.2) is 47.9 Å². The van der Waals surface area contributed by atoms with Gasteiger partial charge in [0.1, 0.15) is 17.9 Å². The van der Waals surface area contributed by atoms with Crippen LogP contribution in [0, 0.1) is 11.8 Å². The molecular weight excluding hydrogens is 348 g/mol. The third kappa shape index (κ3) is 3.00. The standard InChI is InChI=1S/C21H27N2O2.ClH/c1-4-14-13-23(2)10-8-15(14)11-20(23)21(24)17-7-9-22-19-6-5-16(25-3)12-18(17)19;/h4-7,9,12,14-15,20-21,24H,1,8,10-11,13H2,2-3H3;1H/q+1;/p-1. The van der Waals surface area contributed by atoms with Gasteiger partial charge in [-0.3, -0.25) is 4.98 Å². The minimum Gasteiger partial charge on any atom is -1.00 e. The molecule has 2 aromatic rings. The van der Waals surface area contributed by atoms with E-state index < -0.39 is 6.10 Å². The van der Waals surface area contributed by atoms with Crippen LogP contribution in [0.2, 0.25) is 0 Å². The molecule has 2 bridgehead atoms. The molecule has 3 fully saturated rings. The number of quaternary nitrogens is 1. The van der Waals surface area contributed by atoms with Gasteiger partial charge in [0.25, 0.3) is 0 Å². The quantitative estimate of drug-likeness (QED) is 0.619. The monoisotopic (exact) mass is 374 g/mol. The summed E-state index contributed by atoms with van der Waals surface area (Å²) in [4.78, 5) is 4.45. The van der Waals surface area contributed by atoms with Gasteiger partial charge in [-0.05, 0) is 35.7 Å². The third-order valence-electron chi connectivity index (χ3n) is 6.56. The third-order valence-corrected chi connectivity index (χ3v) is 6.56. The van der Waals surface area contributed by atoms with Crippen LogP contribution in [0.15, 0.2) is 43.1 Å². The molecule has 0 radical (unpaired) electrons. The lowest BCUT2D eigenvalue weighted by atomic mass is 9.72. The number of fused-ring (bicyclic) bond motifs is 4. The van der Waals surface area contributed by atoms with Gasteiger partial charge in [-0.1, -0.05) is 6.08 Å². The first-order valence-electron chi connectivity index (χ1n) is 9.13. The predicted molar refractivity (Wildman–Crippen MR) is 99.4 cm³/mol. The zero-order valence-electron chi connectivity index (χ0n) is 15.4. The van der Waals surface area contributed by atoms with Crippen LogP contribution in [0.4, 0.5) is 0 Å². The second-order valence-electron chi connectivity index (χ2n) is 7.87. The van der Waals surface area contributed by atoms with Gasteiger partial charge in [0.15, 0.2) is 0 Å². The minimum atomic E-state index is -0.490. The molecule has 5 rings (SSSR count). The molecule has 0 aliphatic carbocycles. The molecule has 1 aromatic carbocycles. The van der Waals surface area contributed by atoms with Crippen LogP contribution in [0.5, 0.6) is 5.75 Å². The number of aromatic nitrogens is 1. The van der Waals surface area contributed by atoms with Gasteiger partial charge in [0, 0.05) is 30.3 Å². The highest BCUT2D eigenvalue weighted by molar-refractivity contribution is 5.83. The fourth-order valence-corrected chi connectivity index (χ4v) is 5.03. The SMILES string of the molecule is C=CC1C[N+]2(C)CCC1CC2C(O)c1ccnc2ccc(OC)cc12.[Cl-]. The minimum absolute atomic E-state index is 0. The summed E-state index contributed by atoms with van der Waals surface area (Å²) in [6.45, 7) is 6.26. The van der Waals surface area contributed by atoms with Crippen LogP contribution >= 0.6 is 0 Å². The van der Waals surface area contributed by atoms with Gasteiger partial charge in [0.05, 0.1) is 32.8 Å². The van der Waals surface area contributed by atoms with Crippen molar-refractivity contribution < 1.29 is 26.7 Å². The molecule has 3 aliphatic heterocycles. The normalized spacial score (nSPS) is 31.3. The molecule has 1 aromatic heterocycles. The number of hydrogen-bond donors (Lipinski definition) is 1. The van der Waals surface area contributed by atoms with Crippen molar-refractivity contribution in [3.63, 3.8) is 0 Å². The average molecular weight is 375 g/mol. The van der Waals surface area contributed by atoms with Gasteiger partial charge in [-0.2, -0.15) is 0 Å². The van der Waals surface area contributed by atoms with Crippen LogP contribution in [0.25, 0.3) is 10.9 Å². The molecule has 0 saturated carbocycles. The maximum Gasteiger partial charge on any atom is 0.131 e. The lowest BCUT2D eigenvalue weighted by molar-refractivity contribution is -0.956. The Bertz CT molecular complexity index is 812. The molecule has 4 heterocycles. The fourth-order valence-electron chi connectivity index (χ4n) is 5.03. The highest BCUT2D eigenvalue weighted by Gasteiger charge is 2.51. The van der Waals surface area contributed by atoms with Crippen molar-refractivity contribution in [3.8, 4) is 5.75 Å². The first kappa shape index (κ1) is 19.2. The fraction of sp³-hybridized carbons (Fsp3) is 0.476. The van der Waals surface area contributed by atoms with Gasteiger partial charge >= 0.3 is 0 Å². The molecule has 5 atom stereocenters. The van der Waals surface area contributed by atoms with E-state index in [-0.39, 0.29) is 18.4 Å². The Labute approximate surface area is 161 Å². The maximum absolute atomic E-state index is 11.3.